The molecule has 0 atom stereocenters. The number of ether oxygens (including phenoxy) is 3. The van der Waals surface area contributed by atoms with Crippen LogP contribution in [0.2, 0.25) is 0 Å². The first-order chi connectivity index (χ1) is 13.7. The smallest absolute Gasteiger partial charge is 0.257 e. The second-order valence-corrected chi connectivity index (χ2v) is 6.79. The number of rotatable bonds is 7. The first-order valence-corrected chi connectivity index (χ1v) is 9.61. The van der Waals surface area contributed by atoms with Gasteiger partial charge in [0.15, 0.2) is 11.5 Å². The van der Waals surface area contributed by atoms with Crippen LogP contribution in [0.4, 0.5) is 5.69 Å². The molecule has 2 amide bonds. The molecule has 9 heteroatoms. The second kappa shape index (κ2) is 9.75. The molecule has 2 aromatic carbocycles. The minimum absolute atomic E-state index is 0.00401. The van der Waals surface area contributed by atoms with Gasteiger partial charge in [-0.2, -0.15) is 0 Å². The van der Waals surface area contributed by atoms with Crippen LogP contribution in [0.15, 0.2) is 47.4 Å². The van der Waals surface area contributed by atoms with Crippen LogP contribution in [0.1, 0.15) is 0 Å². The van der Waals surface area contributed by atoms with Gasteiger partial charge in [-0.15, -0.1) is 11.8 Å². The number of nitrogens with one attached hydrogen (secondary N) is 3. The number of thioether (sulfide) groups is 1. The van der Waals surface area contributed by atoms with Gasteiger partial charge in [0.25, 0.3) is 5.91 Å². The van der Waals surface area contributed by atoms with Crippen molar-refractivity contribution in [2.75, 3.05) is 37.9 Å². The van der Waals surface area contributed by atoms with E-state index in [1.165, 1.54) is 11.8 Å². The highest BCUT2D eigenvalue weighted by molar-refractivity contribution is 8.00. The fourth-order valence-electron chi connectivity index (χ4n) is 2.45. The summed E-state index contributed by atoms with van der Waals surface area (Å²) in [5.74, 6) is 1.48. The van der Waals surface area contributed by atoms with E-state index in [0.717, 1.165) is 4.90 Å². The number of carbonyl (C=O) groups is 2. The van der Waals surface area contributed by atoms with E-state index in [0.29, 0.717) is 36.1 Å². The molecule has 8 nitrogen and oxygen atoms in total. The average Bonchev–Trinajstić information content (AvgIpc) is 2.74. The van der Waals surface area contributed by atoms with Crippen molar-refractivity contribution in [2.45, 2.75) is 4.90 Å². The zero-order chi connectivity index (χ0) is 19.8. The molecule has 1 aliphatic rings. The number of hydrogen-bond donors (Lipinski definition) is 3. The van der Waals surface area contributed by atoms with E-state index in [9.17, 15) is 9.59 Å². The SMILES string of the molecule is COc1ccccc1NCC(=O)NNC(=O)CSc1ccc2c(c1)OCCO2. The Morgan fingerprint density at radius 2 is 1.79 bits per heavy atom. The van der Waals surface area contributed by atoms with Crippen molar-refractivity contribution in [1.29, 1.82) is 0 Å². The van der Waals surface area contributed by atoms with Crippen LogP contribution in [0.25, 0.3) is 0 Å². The van der Waals surface area contributed by atoms with Crippen LogP contribution in [0, 0.1) is 0 Å². The maximum atomic E-state index is 11.9. The summed E-state index contributed by atoms with van der Waals surface area (Å²) in [6.45, 7) is 1.04. The molecule has 0 aromatic heterocycles. The van der Waals surface area contributed by atoms with E-state index in [-0.39, 0.29) is 24.1 Å². The number of benzene rings is 2. The third-order valence-corrected chi connectivity index (χ3v) is 4.77. The van der Waals surface area contributed by atoms with E-state index in [1.54, 1.807) is 19.2 Å². The Morgan fingerprint density at radius 1 is 1.04 bits per heavy atom. The highest BCUT2D eigenvalue weighted by Crippen LogP contribution is 2.34. The van der Waals surface area contributed by atoms with Crippen LogP contribution >= 0.6 is 11.8 Å². The third kappa shape index (κ3) is 5.46. The molecule has 0 fully saturated rings. The summed E-state index contributed by atoms with van der Waals surface area (Å²) >= 11 is 1.34. The monoisotopic (exact) mass is 403 g/mol. The van der Waals surface area contributed by atoms with Gasteiger partial charge in [-0.1, -0.05) is 12.1 Å². The summed E-state index contributed by atoms with van der Waals surface area (Å²) in [4.78, 5) is 24.7. The molecule has 1 aliphatic heterocycles. The molecule has 0 unspecified atom stereocenters. The van der Waals surface area contributed by atoms with E-state index < -0.39 is 0 Å². The minimum Gasteiger partial charge on any atom is -0.495 e. The molecule has 1 heterocycles. The summed E-state index contributed by atoms with van der Waals surface area (Å²) in [5, 5.41) is 2.96. The third-order valence-electron chi connectivity index (χ3n) is 3.77. The molecule has 0 radical (unpaired) electrons. The van der Waals surface area contributed by atoms with E-state index in [4.69, 9.17) is 14.2 Å². The van der Waals surface area contributed by atoms with Gasteiger partial charge in [0, 0.05) is 4.90 Å². The van der Waals surface area contributed by atoms with Crippen molar-refractivity contribution in [2.24, 2.45) is 0 Å². The van der Waals surface area contributed by atoms with Gasteiger partial charge in [0.1, 0.15) is 19.0 Å². The van der Waals surface area contributed by atoms with E-state index in [1.807, 2.05) is 30.3 Å². The van der Waals surface area contributed by atoms with Gasteiger partial charge in [0.2, 0.25) is 5.91 Å². The molecule has 0 saturated carbocycles. The van der Waals surface area contributed by atoms with Gasteiger partial charge in [-0.3, -0.25) is 20.4 Å². The molecule has 2 aromatic rings. The van der Waals surface area contributed by atoms with Crippen molar-refractivity contribution >= 4 is 29.3 Å². The van der Waals surface area contributed by atoms with Gasteiger partial charge >= 0.3 is 0 Å². The van der Waals surface area contributed by atoms with E-state index >= 15 is 0 Å². The lowest BCUT2D eigenvalue weighted by atomic mass is 10.3. The fraction of sp³-hybridized carbons (Fsp3) is 0.263. The van der Waals surface area contributed by atoms with Crippen LogP contribution in [0.3, 0.4) is 0 Å². The quantitative estimate of drug-likeness (QED) is 0.479. The number of hydrazine groups is 1. The summed E-state index contributed by atoms with van der Waals surface area (Å²) in [6.07, 6.45) is 0. The summed E-state index contributed by atoms with van der Waals surface area (Å²) in [6, 6.07) is 12.8. The molecule has 148 valence electrons. The highest BCUT2D eigenvalue weighted by Gasteiger charge is 2.13. The molecular weight excluding hydrogens is 382 g/mol. The lowest BCUT2D eigenvalue weighted by Crippen LogP contribution is -2.44. The number of para-hydroxylation sites is 2. The van der Waals surface area contributed by atoms with Gasteiger partial charge in [0.05, 0.1) is 25.1 Å². The molecule has 3 rings (SSSR count). The van der Waals surface area contributed by atoms with Gasteiger partial charge in [-0.25, -0.2) is 0 Å². The van der Waals surface area contributed by atoms with Crippen molar-refractivity contribution in [3.8, 4) is 17.2 Å². The minimum atomic E-state index is -0.372. The predicted molar refractivity (Wildman–Crippen MR) is 106 cm³/mol. The summed E-state index contributed by atoms with van der Waals surface area (Å²) < 4.78 is 16.2. The zero-order valence-corrected chi connectivity index (χ0v) is 16.1. The van der Waals surface area contributed by atoms with Crippen LogP contribution < -0.4 is 30.4 Å². The summed E-state index contributed by atoms with van der Waals surface area (Å²) in [5.41, 5.74) is 5.46. The fourth-order valence-corrected chi connectivity index (χ4v) is 3.17. The van der Waals surface area contributed by atoms with Crippen LogP contribution in [0.5, 0.6) is 17.2 Å². The number of carbonyl (C=O) groups excluding carboxylic acids is 2. The number of fused-ring (bicyclic) bond motifs is 1. The van der Waals surface area contributed by atoms with Crippen LogP contribution in [-0.2, 0) is 9.59 Å². The molecule has 3 N–H and O–H groups in total. The summed E-state index contributed by atoms with van der Waals surface area (Å²) in [7, 11) is 1.56. The zero-order valence-electron chi connectivity index (χ0n) is 15.3. The Morgan fingerprint density at radius 3 is 2.61 bits per heavy atom. The number of anilines is 1. The lowest BCUT2D eigenvalue weighted by Gasteiger charge is -2.18. The maximum absolute atomic E-state index is 11.9. The predicted octanol–water partition coefficient (Wildman–Crippen LogP) is 1.82. The van der Waals surface area contributed by atoms with Crippen molar-refractivity contribution in [3.05, 3.63) is 42.5 Å². The maximum Gasteiger partial charge on any atom is 0.257 e. The Balaban J connectivity index is 1.38. The largest absolute Gasteiger partial charge is 0.495 e. The van der Waals surface area contributed by atoms with E-state index in [2.05, 4.69) is 16.2 Å². The Kier molecular flexibility index (Phi) is 6.85. The number of hydrogen-bond acceptors (Lipinski definition) is 7. The second-order valence-electron chi connectivity index (χ2n) is 5.74. The highest BCUT2D eigenvalue weighted by atomic mass is 32.2. The molecule has 0 spiro atoms. The normalized spacial score (nSPS) is 12.0. The molecule has 0 aliphatic carbocycles. The van der Waals surface area contributed by atoms with Gasteiger partial charge < -0.3 is 19.5 Å². The molecular formula is C19H21N3O5S. The van der Waals surface area contributed by atoms with Gasteiger partial charge in [-0.05, 0) is 30.3 Å². The van der Waals surface area contributed by atoms with Crippen molar-refractivity contribution in [3.63, 3.8) is 0 Å². The first kappa shape index (κ1) is 19.7. The first-order valence-electron chi connectivity index (χ1n) is 8.63. The lowest BCUT2D eigenvalue weighted by molar-refractivity contribution is -0.126. The van der Waals surface area contributed by atoms with Crippen molar-refractivity contribution < 1.29 is 23.8 Å². The standard InChI is InChI=1S/C19H21N3O5S/c1-25-15-5-3-2-4-14(15)20-11-18(23)21-22-19(24)12-28-13-6-7-16-17(10-13)27-9-8-26-16/h2-7,10,20H,8-9,11-12H2,1H3,(H,21,23)(H,22,24). The van der Waals surface area contributed by atoms with Crippen molar-refractivity contribution in [1.82, 2.24) is 10.9 Å². The molecule has 0 bridgehead atoms. The number of methoxy groups -OCH3 is 1. The Hall–Kier alpha value is -3.07. The Labute approximate surface area is 166 Å². The Bertz CT molecular complexity index is 846. The average molecular weight is 403 g/mol. The topological polar surface area (TPSA) is 97.9 Å². The molecule has 0 saturated heterocycles. The molecule has 28 heavy (non-hydrogen) atoms. The number of amides is 2. The van der Waals surface area contributed by atoms with Crippen LogP contribution in [-0.4, -0.2) is 44.4 Å².